The maximum atomic E-state index is 12.4. The molecule has 1 fully saturated rings. The summed E-state index contributed by atoms with van der Waals surface area (Å²) in [5.74, 6) is 0. The molecule has 4 atom stereocenters. The van der Waals surface area contributed by atoms with Crippen LogP contribution in [0.15, 0.2) is 0 Å². The Bertz CT molecular complexity index is 1060. The number of phosphoric ester groups is 2. The van der Waals surface area contributed by atoms with Gasteiger partial charge < -0.3 is 55.8 Å². The number of rotatable bonds is 14. The molecule has 1 saturated heterocycles. The molecule has 0 saturated carbocycles. The normalized spacial score (nSPS) is 24.4. The number of likely N-dealkylation sites (N-methyl/N-ethyl adjacent to an activating group) is 2. The molecule has 0 N–H and O–H groups in total. The van der Waals surface area contributed by atoms with Crippen molar-refractivity contribution in [3.05, 3.63) is 0 Å². The smallest absolute Gasteiger partial charge is 0.268 e. The molecular formula is C48H100N2O12P2. The molecule has 0 aromatic rings. The van der Waals surface area contributed by atoms with Crippen molar-refractivity contribution in [2.24, 2.45) is 0 Å². The predicted molar refractivity (Wildman–Crippen MR) is 255 cm³/mol. The molecule has 1 aliphatic rings. The largest absolute Gasteiger partial charge is 0.756 e. The molecule has 0 aromatic carbocycles. The van der Waals surface area contributed by atoms with Crippen molar-refractivity contribution in [3.8, 4) is 0 Å². The highest BCUT2D eigenvalue weighted by Crippen LogP contribution is 2.39. The molecule has 0 spiro atoms. The summed E-state index contributed by atoms with van der Waals surface area (Å²) in [4.78, 5) is 24.9. The molecule has 16 heteroatoms. The van der Waals surface area contributed by atoms with E-state index >= 15 is 0 Å². The van der Waals surface area contributed by atoms with Gasteiger partial charge in [-0.3, -0.25) is 9.13 Å². The third kappa shape index (κ3) is 44.5. The molecule has 1 rings (SSSR count). The highest BCUT2D eigenvalue weighted by atomic mass is 31.2. The van der Waals surface area contributed by atoms with Gasteiger partial charge in [-0.1, -0.05) is 154 Å². The Hall–Kier alpha value is -0.0200. The van der Waals surface area contributed by atoms with E-state index in [2.05, 4.69) is 0 Å². The van der Waals surface area contributed by atoms with Crippen LogP contribution in [-0.2, 0) is 46.2 Å². The lowest BCUT2D eigenvalue weighted by Gasteiger charge is -2.28. The first-order valence-electron chi connectivity index (χ1n) is 25.8. The zero-order valence-electron chi connectivity index (χ0n) is 42.1. The summed E-state index contributed by atoms with van der Waals surface area (Å²) < 4.78 is 70.9. The van der Waals surface area contributed by atoms with E-state index in [9.17, 15) is 18.9 Å². The van der Waals surface area contributed by atoms with Crippen molar-refractivity contribution in [2.75, 3.05) is 121 Å². The lowest BCUT2D eigenvalue weighted by atomic mass is 10.0. The van der Waals surface area contributed by atoms with Crippen LogP contribution >= 0.6 is 15.6 Å². The van der Waals surface area contributed by atoms with E-state index in [0.29, 0.717) is 61.7 Å². The minimum absolute atomic E-state index is 0.0784. The molecule has 384 valence electrons. The second-order valence-corrected chi connectivity index (χ2v) is 23.0. The van der Waals surface area contributed by atoms with Crippen LogP contribution in [0.5, 0.6) is 0 Å². The second kappa shape index (κ2) is 39.8. The molecular weight excluding hydrogens is 858 g/mol. The Morgan fingerprint density at radius 3 is 0.875 bits per heavy atom. The van der Waals surface area contributed by atoms with Crippen LogP contribution in [0.2, 0.25) is 0 Å². The van der Waals surface area contributed by atoms with Crippen LogP contribution in [0.1, 0.15) is 180 Å². The standard InChI is InChI=1S/C48H100N2O12P2/c1-49(2,3)35-41-59-63(51,52)61-45-47-43-55-37-31-27-23-19-15-11-7-8-12-16-20-24-28-32-38-56-44-48(46-62-64(53,54)60-42-36-50(4,5)6)58-40-34-30-26-22-18-14-10-9-13-17-21-25-29-33-39-57-47/h47-48H,7-46H2,1-6H3. The van der Waals surface area contributed by atoms with E-state index in [-0.39, 0.29) is 26.4 Å². The van der Waals surface area contributed by atoms with E-state index in [1.165, 1.54) is 128 Å². The average Bonchev–Trinajstić information content (AvgIpc) is 3.21. The van der Waals surface area contributed by atoms with Crippen LogP contribution < -0.4 is 9.79 Å². The van der Waals surface area contributed by atoms with E-state index in [0.717, 1.165) is 51.4 Å². The maximum Gasteiger partial charge on any atom is 0.268 e. The molecule has 64 heavy (non-hydrogen) atoms. The van der Waals surface area contributed by atoms with Crippen molar-refractivity contribution in [1.82, 2.24) is 0 Å². The van der Waals surface area contributed by atoms with Crippen molar-refractivity contribution in [1.29, 1.82) is 0 Å². The van der Waals surface area contributed by atoms with Gasteiger partial charge in [0.05, 0.1) is 68.7 Å². The van der Waals surface area contributed by atoms with Gasteiger partial charge >= 0.3 is 0 Å². The molecule has 1 heterocycles. The second-order valence-electron chi connectivity index (χ2n) is 20.2. The number of hydrogen-bond acceptors (Lipinski definition) is 12. The summed E-state index contributed by atoms with van der Waals surface area (Å²) in [5.41, 5.74) is 0. The predicted octanol–water partition coefficient (Wildman–Crippen LogP) is 10.1. The summed E-state index contributed by atoms with van der Waals surface area (Å²) in [5, 5.41) is 0. The van der Waals surface area contributed by atoms with E-state index in [1.54, 1.807) is 0 Å². The first-order valence-corrected chi connectivity index (χ1v) is 28.7. The summed E-state index contributed by atoms with van der Waals surface area (Å²) in [6.07, 6.45) is 32.4. The summed E-state index contributed by atoms with van der Waals surface area (Å²) in [7, 11) is 3.07. The van der Waals surface area contributed by atoms with Crippen molar-refractivity contribution >= 4 is 15.6 Å². The zero-order valence-corrected chi connectivity index (χ0v) is 43.9. The third-order valence-electron chi connectivity index (χ3n) is 11.5. The van der Waals surface area contributed by atoms with Gasteiger partial charge in [0.25, 0.3) is 15.6 Å². The van der Waals surface area contributed by atoms with Crippen molar-refractivity contribution < 1.29 is 64.9 Å². The van der Waals surface area contributed by atoms with Crippen LogP contribution in [0.25, 0.3) is 0 Å². The number of phosphoric acid groups is 2. The Morgan fingerprint density at radius 2 is 0.625 bits per heavy atom. The van der Waals surface area contributed by atoms with Gasteiger partial charge in [-0.05, 0) is 25.7 Å². The first kappa shape index (κ1) is 62.0. The molecule has 0 radical (unpaired) electrons. The zero-order chi connectivity index (χ0) is 47.1. The van der Waals surface area contributed by atoms with E-state index in [4.69, 9.17) is 37.0 Å². The van der Waals surface area contributed by atoms with Gasteiger partial charge in [0.1, 0.15) is 38.5 Å². The Morgan fingerprint density at radius 1 is 0.391 bits per heavy atom. The third-order valence-corrected chi connectivity index (χ3v) is 13.5. The van der Waals surface area contributed by atoms with Gasteiger partial charge in [0.2, 0.25) is 0 Å². The maximum absolute atomic E-state index is 12.4. The molecule has 0 amide bonds. The van der Waals surface area contributed by atoms with E-state index in [1.807, 2.05) is 42.3 Å². The lowest BCUT2D eigenvalue weighted by molar-refractivity contribution is -0.870. The van der Waals surface area contributed by atoms with Crippen molar-refractivity contribution in [3.63, 3.8) is 0 Å². The Balaban J connectivity index is 2.50. The number of quaternary nitrogens is 2. The van der Waals surface area contributed by atoms with Crippen LogP contribution in [0, 0.1) is 0 Å². The highest BCUT2D eigenvalue weighted by molar-refractivity contribution is 7.46. The van der Waals surface area contributed by atoms with Crippen LogP contribution in [0.3, 0.4) is 0 Å². The average molecular weight is 959 g/mol. The summed E-state index contributed by atoms with van der Waals surface area (Å²) in [6.45, 7) is 4.08. The quantitative estimate of drug-likeness (QED) is 0.120. The highest BCUT2D eigenvalue weighted by Gasteiger charge is 2.19. The first-order chi connectivity index (χ1) is 30.6. The fourth-order valence-corrected chi connectivity index (χ4v) is 8.81. The number of nitrogens with zero attached hydrogens (tertiary/aromatic N) is 2. The molecule has 0 bridgehead atoms. The molecule has 0 aromatic heterocycles. The molecule has 14 nitrogen and oxygen atoms in total. The molecule has 1 aliphatic heterocycles. The van der Waals surface area contributed by atoms with Crippen LogP contribution in [-0.4, -0.2) is 143 Å². The minimum atomic E-state index is -4.42. The molecule has 4 unspecified atom stereocenters. The SMILES string of the molecule is C[N+](C)(C)CCOP(=O)([O-])OCC1COCCCCCCCCCCCCCCCCOCC(COP(=O)([O-])OCC[N+](C)(C)C)OCCCCCCCCCCCCCCCCO1. The summed E-state index contributed by atoms with van der Waals surface area (Å²) in [6, 6.07) is 0. The Kier molecular flexibility index (Phi) is 38.5. The summed E-state index contributed by atoms with van der Waals surface area (Å²) >= 11 is 0. The topological polar surface area (TPSA) is 154 Å². The molecule has 0 aliphatic carbocycles. The van der Waals surface area contributed by atoms with Gasteiger partial charge in [0, 0.05) is 26.4 Å². The minimum Gasteiger partial charge on any atom is -0.756 e. The van der Waals surface area contributed by atoms with Crippen LogP contribution in [0.4, 0.5) is 0 Å². The fraction of sp³-hybridized carbons (Fsp3) is 1.00. The number of ether oxygens (including phenoxy) is 4. The van der Waals surface area contributed by atoms with E-state index < -0.39 is 27.9 Å². The monoisotopic (exact) mass is 959 g/mol. The van der Waals surface area contributed by atoms with Gasteiger partial charge in [-0.15, -0.1) is 0 Å². The number of hydrogen-bond donors (Lipinski definition) is 0. The van der Waals surface area contributed by atoms with Gasteiger partial charge in [0.15, 0.2) is 0 Å². The lowest BCUT2D eigenvalue weighted by Crippen LogP contribution is -2.37. The Labute approximate surface area is 392 Å². The van der Waals surface area contributed by atoms with Crippen molar-refractivity contribution in [2.45, 2.75) is 192 Å². The van der Waals surface area contributed by atoms with Gasteiger partial charge in [-0.25, -0.2) is 0 Å². The fourth-order valence-electron chi connectivity index (χ4n) is 7.35. The van der Waals surface area contributed by atoms with Gasteiger partial charge in [-0.2, -0.15) is 0 Å².